The van der Waals surface area contributed by atoms with E-state index in [1.807, 2.05) is 67.6 Å². The molecule has 0 bridgehead atoms. The van der Waals surface area contributed by atoms with E-state index in [9.17, 15) is 0 Å². The Morgan fingerprint density at radius 2 is 1.16 bits per heavy atom. The van der Waals surface area contributed by atoms with Gasteiger partial charge in [-0.05, 0) is 74.5 Å². The van der Waals surface area contributed by atoms with Gasteiger partial charge in [-0.25, -0.2) is 9.98 Å². The Kier molecular flexibility index (Phi) is 4.21. The van der Waals surface area contributed by atoms with Crippen molar-refractivity contribution < 1.29 is 14.2 Å². The van der Waals surface area contributed by atoms with E-state index in [-0.39, 0.29) is 0 Å². The predicted molar refractivity (Wildman–Crippen MR) is 126 cm³/mol. The summed E-state index contributed by atoms with van der Waals surface area (Å²) >= 11 is 0. The molecule has 2 aliphatic heterocycles. The van der Waals surface area contributed by atoms with E-state index >= 15 is 0 Å². The third kappa shape index (κ3) is 3.02. The summed E-state index contributed by atoms with van der Waals surface area (Å²) in [5, 5.41) is 1.84. The lowest BCUT2D eigenvalue weighted by Crippen LogP contribution is -2.15. The zero-order valence-electron chi connectivity index (χ0n) is 17.8. The van der Waals surface area contributed by atoms with Gasteiger partial charge in [-0.2, -0.15) is 0 Å². The number of rotatable bonds is 4. The van der Waals surface area contributed by atoms with Crippen LogP contribution in [0.2, 0.25) is 0 Å². The Hall–Kier alpha value is -4.12. The van der Waals surface area contributed by atoms with Gasteiger partial charge in [-0.1, -0.05) is 17.7 Å². The maximum absolute atomic E-state index is 6.20. The molecular weight excluding hydrogens is 400 g/mol. The summed E-state index contributed by atoms with van der Waals surface area (Å²) in [7, 11) is 0. The van der Waals surface area contributed by atoms with Crippen LogP contribution in [0.25, 0.3) is 10.8 Å². The monoisotopic (exact) mass is 420 g/mol. The number of nitrogens with zero attached hydrogens (tertiary/aromatic N) is 2. The lowest BCUT2D eigenvalue weighted by Gasteiger charge is -2.23. The fraction of sp³-hybridized carbons (Fsp3) is 0.111. The van der Waals surface area contributed by atoms with Gasteiger partial charge in [0.05, 0.1) is 28.8 Å². The zero-order valence-corrected chi connectivity index (χ0v) is 17.8. The SMILES string of the molecule is CCOc1ccc(C2=Nc3ccc4c5c(ccc(c35)O2)N=C(c2ccc(C)cc2)O4)cc1. The molecule has 5 heteroatoms. The van der Waals surface area contributed by atoms with E-state index in [4.69, 9.17) is 24.2 Å². The van der Waals surface area contributed by atoms with Crippen LogP contribution in [-0.2, 0) is 0 Å². The van der Waals surface area contributed by atoms with Crippen LogP contribution in [0.4, 0.5) is 11.4 Å². The first-order chi connectivity index (χ1) is 15.7. The van der Waals surface area contributed by atoms with E-state index in [0.29, 0.717) is 18.4 Å². The molecule has 0 atom stereocenters. The summed E-state index contributed by atoms with van der Waals surface area (Å²) in [5.41, 5.74) is 4.73. The molecule has 0 aliphatic carbocycles. The number of aliphatic imine (C=N–C) groups is 2. The summed E-state index contributed by atoms with van der Waals surface area (Å²) in [5.74, 6) is 3.48. The third-order valence-electron chi connectivity index (χ3n) is 5.61. The summed E-state index contributed by atoms with van der Waals surface area (Å²) in [6.45, 7) is 4.66. The number of hydrogen-bond donors (Lipinski definition) is 0. The van der Waals surface area contributed by atoms with Gasteiger partial charge in [0.1, 0.15) is 17.2 Å². The lowest BCUT2D eigenvalue weighted by molar-refractivity contribution is 0.340. The van der Waals surface area contributed by atoms with Gasteiger partial charge in [-0.3, -0.25) is 0 Å². The Balaban J connectivity index is 1.43. The smallest absolute Gasteiger partial charge is 0.227 e. The third-order valence-corrected chi connectivity index (χ3v) is 5.61. The number of ether oxygens (including phenoxy) is 3. The minimum atomic E-state index is 0.559. The molecule has 6 rings (SSSR count). The van der Waals surface area contributed by atoms with E-state index in [0.717, 1.165) is 50.5 Å². The number of aryl methyl sites for hydroxylation is 1. The van der Waals surface area contributed by atoms with Crippen molar-refractivity contribution in [2.75, 3.05) is 6.61 Å². The van der Waals surface area contributed by atoms with E-state index in [1.54, 1.807) is 0 Å². The standard InChI is InChI=1S/C27H20N2O3/c1-3-30-19-10-8-18(9-11-19)27-29-21-13-14-22-24-20(12-15-23(32-27)25(21)24)28-26(31-22)17-6-4-16(2)5-7-17/h4-15H,3H2,1-2H3. The van der Waals surface area contributed by atoms with Crippen molar-refractivity contribution in [3.05, 3.63) is 89.5 Å². The van der Waals surface area contributed by atoms with E-state index < -0.39 is 0 Å². The Bertz CT molecular complexity index is 1420. The highest BCUT2D eigenvalue weighted by molar-refractivity contribution is 6.16. The molecule has 32 heavy (non-hydrogen) atoms. The molecule has 0 unspecified atom stereocenters. The van der Waals surface area contributed by atoms with Crippen LogP contribution in [0.5, 0.6) is 17.2 Å². The average molecular weight is 420 g/mol. The van der Waals surface area contributed by atoms with Crippen molar-refractivity contribution in [1.29, 1.82) is 0 Å². The van der Waals surface area contributed by atoms with Crippen LogP contribution in [-0.4, -0.2) is 18.4 Å². The lowest BCUT2D eigenvalue weighted by atomic mass is 10.0. The van der Waals surface area contributed by atoms with Gasteiger partial charge < -0.3 is 14.2 Å². The van der Waals surface area contributed by atoms with Crippen molar-refractivity contribution in [3.63, 3.8) is 0 Å². The van der Waals surface area contributed by atoms with Crippen LogP contribution in [0, 0.1) is 6.92 Å². The Morgan fingerprint density at radius 1 is 0.656 bits per heavy atom. The van der Waals surface area contributed by atoms with Crippen molar-refractivity contribution in [1.82, 2.24) is 0 Å². The molecule has 0 spiro atoms. The Labute approximate surface area is 185 Å². The molecule has 2 aliphatic rings. The molecule has 0 amide bonds. The molecule has 2 heterocycles. The van der Waals surface area contributed by atoms with Gasteiger partial charge in [0.2, 0.25) is 11.8 Å². The second-order valence-electron chi connectivity index (χ2n) is 7.78. The Morgan fingerprint density at radius 3 is 1.66 bits per heavy atom. The maximum atomic E-state index is 6.20. The highest BCUT2D eigenvalue weighted by Crippen LogP contribution is 2.48. The maximum Gasteiger partial charge on any atom is 0.227 e. The topological polar surface area (TPSA) is 52.4 Å². The van der Waals surface area contributed by atoms with Crippen molar-refractivity contribution in [2.24, 2.45) is 9.98 Å². The summed E-state index contributed by atoms with van der Waals surface area (Å²) in [4.78, 5) is 9.57. The first-order valence-electron chi connectivity index (χ1n) is 10.6. The summed E-state index contributed by atoms with van der Waals surface area (Å²) in [6, 6.07) is 23.8. The molecule has 4 aromatic carbocycles. The highest BCUT2D eigenvalue weighted by Gasteiger charge is 2.25. The predicted octanol–water partition coefficient (Wildman–Crippen LogP) is 6.49. The molecule has 0 N–H and O–H groups in total. The summed E-state index contributed by atoms with van der Waals surface area (Å²) in [6.07, 6.45) is 0. The van der Waals surface area contributed by atoms with Crippen LogP contribution in [0.3, 0.4) is 0 Å². The van der Waals surface area contributed by atoms with E-state index in [1.165, 1.54) is 5.56 Å². The minimum Gasteiger partial charge on any atom is -0.494 e. The van der Waals surface area contributed by atoms with Gasteiger partial charge in [0.25, 0.3) is 0 Å². The molecule has 0 aromatic heterocycles. The fourth-order valence-corrected chi connectivity index (χ4v) is 4.03. The molecular formula is C27H20N2O3. The quantitative estimate of drug-likeness (QED) is 0.379. The molecule has 5 nitrogen and oxygen atoms in total. The second kappa shape index (κ2) is 7.24. The van der Waals surface area contributed by atoms with E-state index in [2.05, 4.69) is 19.1 Å². The van der Waals surface area contributed by atoms with Crippen LogP contribution >= 0.6 is 0 Å². The molecule has 4 aromatic rings. The second-order valence-corrected chi connectivity index (χ2v) is 7.78. The molecule has 0 saturated heterocycles. The van der Waals surface area contributed by atoms with Crippen LogP contribution < -0.4 is 14.2 Å². The fourth-order valence-electron chi connectivity index (χ4n) is 4.03. The van der Waals surface area contributed by atoms with Crippen molar-refractivity contribution in [3.8, 4) is 17.2 Å². The van der Waals surface area contributed by atoms with Gasteiger partial charge in [0, 0.05) is 11.1 Å². The highest BCUT2D eigenvalue weighted by atomic mass is 16.5. The normalized spacial score (nSPS) is 13.7. The minimum absolute atomic E-state index is 0.559. The molecule has 0 saturated carbocycles. The molecule has 0 fully saturated rings. The molecule has 0 radical (unpaired) electrons. The van der Waals surface area contributed by atoms with Crippen LogP contribution in [0.1, 0.15) is 23.6 Å². The first kappa shape index (κ1) is 18.6. The number of hydrogen-bond acceptors (Lipinski definition) is 5. The largest absolute Gasteiger partial charge is 0.494 e. The number of benzene rings is 4. The van der Waals surface area contributed by atoms with Gasteiger partial charge in [-0.15, -0.1) is 0 Å². The molecule has 156 valence electrons. The van der Waals surface area contributed by atoms with Gasteiger partial charge in [0.15, 0.2) is 0 Å². The summed E-state index contributed by atoms with van der Waals surface area (Å²) < 4.78 is 17.9. The van der Waals surface area contributed by atoms with Crippen molar-refractivity contribution in [2.45, 2.75) is 13.8 Å². The zero-order chi connectivity index (χ0) is 21.7. The average Bonchev–Trinajstić information content (AvgIpc) is 2.83. The van der Waals surface area contributed by atoms with Crippen molar-refractivity contribution >= 4 is 33.9 Å². The first-order valence-corrected chi connectivity index (χ1v) is 10.6. The van der Waals surface area contributed by atoms with Crippen LogP contribution in [0.15, 0.2) is 82.8 Å². The van der Waals surface area contributed by atoms with Gasteiger partial charge >= 0.3 is 0 Å².